The fraction of sp³-hybridized carbons (Fsp3) is 0.852. The number of amides is 1. The maximum atomic E-state index is 12.4. The van der Waals surface area contributed by atoms with Crippen molar-refractivity contribution >= 4 is 23.6 Å². The number of ether oxygens (including phenoxy) is 2. The zero-order chi connectivity index (χ0) is 27.4. The highest BCUT2D eigenvalue weighted by molar-refractivity contribution is 5.84. The number of Topliss-reactive ketones (excluding diaryl/α,β-unsaturated/α-hetero) is 1. The zero-order valence-electron chi connectivity index (χ0n) is 23.5. The van der Waals surface area contributed by atoms with E-state index in [0.29, 0.717) is 44.4 Å². The first-order valence-corrected chi connectivity index (χ1v) is 13.3. The highest BCUT2D eigenvalue weighted by Crippen LogP contribution is 2.10. The number of esters is 2. The van der Waals surface area contributed by atoms with Crippen LogP contribution in [0.1, 0.15) is 107 Å². The van der Waals surface area contributed by atoms with Crippen LogP contribution in [0.25, 0.3) is 0 Å². The van der Waals surface area contributed by atoms with Crippen LogP contribution in [0, 0.1) is 17.8 Å². The molecule has 0 bridgehead atoms. The first-order chi connectivity index (χ1) is 16.3. The van der Waals surface area contributed by atoms with Crippen LogP contribution >= 0.6 is 0 Å². The summed E-state index contributed by atoms with van der Waals surface area (Å²) >= 11 is 0. The Hall–Kier alpha value is -1.96. The summed E-state index contributed by atoms with van der Waals surface area (Å²) in [6.45, 7) is 16.1. The second-order valence-corrected chi connectivity index (χ2v) is 10.2. The quantitative estimate of drug-likeness (QED) is 0.221. The van der Waals surface area contributed by atoms with Crippen LogP contribution in [0.15, 0.2) is 0 Å². The van der Waals surface area contributed by atoms with E-state index >= 15 is 0 Å². The van der Waals surface area contributed by atoms with E-state index in [9.17, 15) is 19.2 Å². The second-order valence-electron chi connectivity index (χ2n) is 10.2. The molecule has 3 N–H and O–H groups in total. The third-order valence-electron chi connectivity index (χ3n) is 4.85. The summed E-state index contributed by atoms with van der Waals surface area (Å²) in [5, 5.41) is 2.75. The van der Waals surface area contributed by atoms with Gasteiger partial charge < -0.3 is 20.5 Å². The molecule has 0 rings (SSSR count). The van der Waals surface area contributed by atoms with Crippen molar-refractivity contribution in [3.8, 4) is 0 Å². The molecule has 206 valence electrons. The van der Waals surface area contributed by atoms with E-state index in [1.54, 1.807) is 0 Å². The van der Waals surface area contributed by atoms with Crippen molar-refractivity contribution in [2.45, 2.75) is 119 Å². The molecule has 0 saturated heterocycles. The number of carbonyl (C=O) groups is 4. The lowest BCUT2D eigenvalue weighted by Gasteiger charge is -2.19. The molecule has 0 aliphatic heterocycles. The van der Waals surface area contributed by atoms with E-state index in [4.69, 9.17) is 15.2 Å². The van der Waals surface area contributed by atoms with Crippen LogP contribution in [-0.4, -0.2) is 48.9 Å². The molecule has 0 heterocycles. The Labute approximate surface area is 213 Å². The van der Waals surface area contributed by atoms with E-state index in [1.165, 1.54) is 6.42 Å². The summed E-state index contributed by atoms with van der Waals surface area (Å²) in [7, 11) is 0. The molecule has 35 heavy (non-hydrogen) atoms. The predicted octanol–water partition coefficient (Wildman–Crippen LogP) is 4.57. The van der Waals surface area contributed by atoms with Crippen LogP contribution < -0.4 is 11.1 Å². The lowest BCUT2D eigenvalue weighted by Crippen LogP contribution is -2.42. The first-order valence-electron chi connectivity index (χ1n) is 13.3. The van der Waals surface area contributed by atoms with Gasteiger partial charge in [-0.3, -0.25) is 14.4 Å². The molecular formula is C27H52N2O6. The van der Waals surface area contributed by atoms with Gasteiger partial charge in [0.05, 0.1) is 13.2 Å². The minimum Gasteiger partial charge on any atom is -0.464 e. The van der Waals surface area contributed by atoms with Gasteiger partial charge in [0.25, 0.3) is 0 Å². The summed E-state index contributed by atoms with van der Waals surface area (Å²) in [6.07, 6.45) is 4.61. The Morgan fingerprint density at radius 2 is 1.23 bits per heavy atom. The van der Waals surface area contributed by atoms with E-state index < -0.39 is 24.0 Å². The fourth-order valence-corrected chi connectivity index (χ4v) is 3.04. The molecule has 2 atom stereocenters. The molecule has 0 saturated carbocycles. The van der Waals surface area contributed by atoms with Crippen molar-refractivity contribution in [3.63, 3.8) is 0 Å². The lowest BCUT2D eigenvalue weighted by atomic mass is 10.0. The Morgan fingerprint density at radius 1 is 0.743 bits per heavy atom. The van der Waals surface area contributed by atoms with Gasteiger partial charge in [-0.1, -0.05) is 61.8 Å². The standard InChI is InChI=1S/C24H44N2O6.C3H8/c1-16(2)14-19(25)23(29)31-12-9-13-32-24(30)20(15-17(3)4)26-22(28)11-8-7-10-21(27)18(5)6;1-3-2/h16-20H,7-15,25H2,1-6H3,(H,26,28);3H2,1-2H3. The van der Waals surface area contributed by atoms with Crippen molar-refractivity contribution in [1.29, 1.82) is 0 Å². The molecule has 0 spiro atoms. The molecule has 0 aliphatic rings. The fourth-order valence-electron chi connectivity index (χ4n) is 3.04. The van der Waals surface area contributed by atoms with Gasteiger partial charge in [-0.05, 0) is 37.5 Å². The number of ketones is 1. The third-order valence-corrected chi connectivity index (χ3v) is 4.85. The SMILES string of the molecule is CC(C)CC(N)C(=O)OCCCOC(=O)C(CC(C)C)NC(=O)CCCCC(=O)C(C)C.CCC. The van der Waals surface area contributed by atoms with E-state index in [-0.39, 0.29) is 43.2 Å². The monoisotopic (exact) mass is 500 g/mol. The average molecular weight is 501 g/mol. The van der Waals surface area contributed by atoms with Crippen molar-refractivity contribution in [2.24, 2.45) is 23.5 Å². The molecule has 0 fully saturated rings. The molecule has 0 aliphatic carbocycles. The third kappa shape index (κ3) is 21.1. The van der Waals surface area contributed by atoms with Crippen molar-refractivity contribution in [1.82, 2.24) is 5.32 Å². The largest absolute Gasteiger partial charge is 0.464 e. The number of carbonyl (C=O) groups excluding carboxylic acids is 4. The number of nitrogens with one attached hydrogen (secondary N) is 1. The Bertz CT molecular complexity index is 604. The van der Waals surface area contributed by atoms with Crippen molar-refractivity contribution in [2.75, 3.05) is 13.2 Å². The Kier molecular flexibility index (Phi) is 21.5. The highest BCUT2D eigenvalue weighted by Gasteiger charge is 2.23. The van der Waals surface area contributed by atoms with Gasteiger partial charge in [0, 0.05) is 25.2 Å². The molecule has 8 nitrogen and oxygen atoms in total. The number of hydrogen-bond acceptors (Lipinski definition) is 7. The molecule has 8 heteroatoms. The topological polar surface area (TPSA) is 125 Å². The van der Waals surface area contributed by atoms with Gasteiger partial charge in [-0.25, -0.2) is 4.79 Å². The van der Waals surface area contributed by atoms with E-state index in [1.807, 2.05) is 41.5 Å². The number of rotatable bonds is 17. The predicted molar refractivity (Wildman–Crippen MR) is 140 cm³/mol. The lowest BCUT2D eigenvalue weighted by molar-refractivity contribution is -0.150. The van der Waals surface area contributed by atoms with Gasteiger partial charge >= 0.3 is 11.9 Å². The maximum Gasteiger partial charge on any atom is 0.328 e. The summed E-state index contributed by atoms with van der Waals surface area (Å²) in [5.74, 6) is -0.477. The van der Waals surface area contributed by atoms with Crippen LogP contribution in [0.2, 0.25) is 0 Å². The summed E-state index contributed by atoms with van der Waals surface area (Å²) in [5.41, 5.74) is 5.77. The average Bonchev–Trinajstić information content (AvgIpc) is 2.75. The Balaban J connectivity index is 0. The minimum absolute atomic E-state index is 0.00862. The van der Waals surface area contributed by atoms with E-state index in [2.05, 4.69) is 19.2 Å². The zero-order valence-corrected chi connectivity index (χ0v) is 23.5. The van der Waals surface area contributed by atoms with E-state index in [0.717, 1.165) is 0 Å². The summed E-state index contributed by atoms with van der Waals surface area (Å²) < 4.78 is 10.4. The highest BCUT2D eigenvalue weighted by atomic mass is 16.5. The number of hydrogen-bond donors (Lipinski definition) is 2. The summed E-state index contributed by atoms with van der Waals surface area (Å²) in [6, 6.07) is -1.37. The van der Waals surface area contributed by atoms with Crippen LogP contribution in [0.5, 0.6) is 0 Å². The molecule has 1 amide bonds. The first kappa shape index (κ1) is 35.2. The van der Waals surface area contributed by atoms with Gasteiger partial charge in [-0.2, -0.15) is 0 Å². The molecule has 0 aromatic heterocycles. The molecule has 0 radical (unpaired) electrons. The minimum atomic E-state index is -0.721. The van der Waals surface area contributed by atoms with Crippen molar-refractivity contribution in [3.05, 3.63) is 0 Å². The Morgan fingerprint density at radius 3 is 1.71 bits per heavy atom. The van der Waals surface area contributed by atoms with Gasteiger partial charge in [0.15, 0.2) is 0 Å². The second kappa shape index (κ2) is 21.3. The van der Waals surface area contributed by atoms with Gasteiger partial charge in [0.1, 0.15) is 17.9 Å². The molecule has 0 aromatic carbocycles. The van der Waals surface area contributed by atoms with Crippen molar-refractivity contribution < 1.29 is 28.7 Å². The van der Waals surface area contributed by atoms with Gasteiger partial charge in [0.2, 0.25) is 5.91 Å². The number of unbranched alkanes of at least 4 members (excludes halogenated alkanes) is 1. The molecule has 2 unspecified atom stereocenters. The smallest absolute Gasteiger partial charge is 0.328 e. The van der Waals surface area contributed by atoms with Crippen LogP contribution in [-0.2, 0) is 28.7 Å². The maximum absolute atomic E-state index is 12.4. The van der Waals surface area contributed by atoms with Crippen LogP contribution in [0.4, 0.5) is 0 Å². The molecular weight excluding hydrogens is 448 g/mol. The van der Waals surface area contributed by atoms with Gasteiger partial charge in [-0.15, -0.1) is 0 Å². The summed E-state index contributed by atoms with van der Waals surface area (Å²) in [4.78, 5) is 48.1. The molecule has 0 aromatic rings. The number of nitrogens with two attached hydrogens (primary N) is 1. The van der Waals surface area contributed by atoms with Crippen LogP contribution in [0.3, 0.4) is 0 Å². The normalized spacial score (nSPS) is 12.6.